The lowest BCUT2D eigenvalue weighted by atomic mass is 10.1. The van der Waals surface area contributed by atoms with E-state index in [4.69, 9.17) is 5.73 Å². The van der Waals surface area contributed by atoms with Gasteiger partial charge in [0.1, 0.15) is 0 Å². The summed E-state index contributed by atoms with van der Waals surface area (Å²) in [6, 6.07) is 5.94. The van der Waals surface area contributed by atoms with Gasteiger partial charge in [-0.25, -0.2) is 0 Å². The summed E-state index contributed by atoms with van der Waals surface area (Å²) >= 11 is 3.41. The maximum atomic E-state index is 5.78. The maximum Gasteiger partial charge on any atom is 0.0347 e. The van der Waals surface area contributed by atoms with Crippen molar-refractivity contribution in [3.63, 3.8) is 0 Å². The molecule has 0 saturated carbocycles. The van der Waals surface area contributed by atoms with Crippen LogP contribution in [0.2, 0.25) is 0 Å². The van der Waals surface area contributed by atoms with Crippen LogP contribution in [-0.4, -0.2) is 13.6 Å². The number of halogens is 1. The van der Waals surface area contributed by atoms with Gasteiger partial charge in [-0.1, -0.05) is 15.9 Å². The first-order valence-corrected chi connectivity index (χ1v) is 4.72. The zero-order valence-corrected chi connectivity index (χ0v) is 8.69. The molecule has 0 aromatic heterocycles. The van der Waals surface area contributed by atoms with E-state index in [9.17, 15) is 0 Å². The fourth-order valence-electron chi connectivity index (χ4n) is 1.05. The summed E-state index contributed by atoms with van der Waals surface area (Å²) in [6.45, 7) is 0.959. The number of rotatable bonds is 3. The highest BCUT2D eigenvalue weighted by Gasteiger charge is 1.98. The van der Waals surface area contributed by atoms with E-state index in [1.54, 1.807) is 0 Å². The van der Waals surface area contributed by atoms with Crippen molar-refractivity contribution in [2.45, 2.75) is 6.42 Å². The summed E-state index contributed by atoms with van der Waals surface area (Å²) in [4.78, 5) is 0. The van der Waals surface area contributed by atoms with Gasteiger partial charge in [0.25, 0.3) is 0 Å². The van der Waals surface area contributed by atoms with Crippen molar-refractivity contribution >= 4 is 21.6 Å². The second-order valence-electron chi connectivity index (χ2n) is 2.70. The van der Waals surface area contributed by atoms with Crippen LogP contribution in [0, 0.1) is 0 Å². The highest BCUT2D eigenvalue weighted by atomic mass is 79.9. The molecular weight excluding hydrogens is 216 g/mol. The smallest absolute Gasteiger partial charge is 0.0347 e. The molecule has 0 aliphatic rings. The Morgan fingerprint density at radius 3 is 2.92 bits per heavy atom. The van der Waals surface area contributed by atoms with Gasteiger partial charge in [-0.3, -0.25) is 0 Å². The van der Waals surface area contributed by atoms with E-state index in [1.165, 1.54) is 5.56 Å². The van der Waals surface area contributed by atoms with Gasteiger partial charge in [0.2, 0.25) is 0 Å². The van der Waals surface area contributed by atoms with Crippen LogP contribution >= 0.6 is 15.9 Å². The summed E-state index contributed by atoms with van der Waals surface area (Å²) in [5.41, 5.74) is 7.84. The minimum atomic E-state index is 0.869. The molecule has 0 radical (unpaired) electrons. The molecule has 0 heterocycles. The predicted octanol–water partition coefficient (Wildman–Crippen LogP) is 1.79. The van der Waals surface area contributed by atoms with Gasteiger partial charge in [-0.05, 0) is 43.8 Å². The molecule has 66 valence electrons. The number of likely N-dealkylation sites (N-methyl/N-ethyl adjacent to an activating group) is 1. The van der Waals surface area contributed by atoms with Crippen LogP contribution in [0.25, 0.3) is 0 Å². The number of anilines is 1. The Labute approximate surface area is 81.3 Å². The van der Waals surface area contributed by atoms with Crippen LogP contribution in [-0.2, 0) is 6.42 Å². The number of nitrogen functional groups attached to an aromatic ring is 1. The Morgan fingerprint density at radius 2 is 2.25 bits per heavy atom. The molecule has 0 aliphatic heterocycles. The maximum absolute atomic E-state index is 5.78. The van der Waals surface area contributed by atoms with Crippen LogP contribution in [0.1, 0.15) is 5.56 Å². The van der Waals surface area contributed by atoms with E-state index in [1.807, 2.05) is 19.2 Å². The van der Waals surface area contributed by atoms with Crippen molar-refractivity contribution in [3.8, 4) is 0 Å². The molecule has 1 aromatic carbocycles. The molecule has 0 unspecified atom stereocenters. The molecule has 12 heavy (non-hydrogen) atoms. The van der Waals surface area contributed by atoms with Crippen LogP contribution in [0.4, 0.5) is 5.69 Å². The third-order valence-electron chi connectivity index (χ3n) is 1.75. The molecule has 0 atom stereocenters. The van der Waals surface area contributed by atoms with Crippen molar-refractivity contribution < 1.29 is 0 Å². The highest BCUT2D eigenvalue weighted by Crippen LogP contribution is 2.18. The zero-order chi connectivity index (χ0) is 8.97. The van der Waals surface area contributed by atoms with E-state index >= 15 is 0 Å². The van der Waals surface area contributed by atoms with Gasteiger partial charge in [-0.2, -0.15) is 0 Å². The summed E-state index contributed by atoms with van der Waals surface area (Å²) in [5, 5.41) is 3.09. The van der Waals surface area contributed by atoms with E-state index in [-0.39, 0.29) is 0 Å². The lowest BCUT2D eigenvalue weighted by Gasteiger charge is -2.05. The summed E-state index contributed by atoms with van der Waals surface area (Å²) in [5.74, 6) is 0. The molecular formula is C9H13BrN2. The highest BCUT2D eigenvalue weighted by molar-refractivity contribution is 9.10. The summed E-state index contributed by atoms with van der Waals surface area (Å²) in [7, 11) is 1.94. The molecule has 2 nitrogen and oxygen atoms in total. The lowest BCUT2D eigenvalue weighted by Crippen LogP contribution is -2.11. The number of nitrogens with two attached hydrogens (primary N) is 1. The van der Waals surface area contributed by atoms with Gasteiger partial charge in [0.05, 0.1) is 0 Å². The Morgan fingerprint density at radius 1 is 1.50 bits per heavy atom. The van der Waals surface area contributed by atoms with Crippen LogP contribution < -0.4 is 11.1 Å². The molecule has 0 spiro atoms. The number of hydrogen-bond acceptors (Lipinski definition) is 2. The first-order valence-electron chi connectivity index (χ1n) is 3.92. The minimum Gasteiger partial charge on any atom is -0.399 e. The van der Waals surface area contributed by atoms with E-state index in [0.29, 0.717) is 0 Å². The van der Waals surface area contributed by atoms with Crippen molar-refractivity contribution in [1.29, 1.82) is 0 Å². The zero-order valence-electron chi connectivity index (χ0n) is 7.10. The van der Waals surface area contributed by atoms with Crippen LogP contribution in [0.3, 0.4) is 0 Å². The lowest BCUT2D eigenvalue weighted by molar-refractivity contribution is 0.792. The fraction of sp³-hybridized carbons (Fsp3) is 0.333. The predicted molar refractivity (Wildman–Crippen MR) is 56.2 cm³/mol. The first kappa shape index (κ1) is 9.55. The molecule has 3 heteroatoms. The Balaban J connectivity index is 2.75. The van der Waals surface area contributed by atoms with E-state index in [0.717, 1.165) is 23.1 Å². The SMILES string of the molecule is CNCCc1cc(Br)ccc1N. The van der Waals surface area contributed by atoms with Gasteiger partial charge in [0.15, 0.2) is 0 Å². The third kappa shape index (κ3) is 2.50. The topological polar surface area (TPSA) is 38.0 Å². The molecule has 0 aliphatic carbocycles. The number of benzene rings is 1. The molecule has 1 rings (SSSR count). The second kappa shape index (κ2) is 4.48. The fourth-order valence-corrected chi connectivity index (χ4v) is 1.46. The Hall–Kier alpha value is -0.540. The van der Waals surface area contributed by atoms with Crippen molar-refractivity contribution in [2.75, 3.05) is 19.3 Å². The monoisotopic (exact) mass is 228 g/mol. The molecule has 0 amide bonds. The summed E-state index contributed by atoms with van der Waals surface area (Å²) in [6.07, 6.45) is 0.974. The minimum absolute atomic E-state index is 0.869. The number of nitrogens with one attached hydrogen (secondary N) is 1. The van der Waals surface area contributed by atoms with Gasteiger partial charge in [0, 0.05) is 10.2 Å². The Kier molecular flexibility index (Phi) is 3.56. The first-order chi connectivity index (χ1) is 5.74. The van der Waals surface area contributed by atoms with Gasteiger partial charge < -0.3 is 11.1 Å². The molecule has 1 aromatic rings. The van der Waals surface area contributed by atoms with E-state index in [2.05, 4.69) is 27.3 Å². The summed E-state index contributed by atoms with van der Waals surface area (Å²) < 4.78 is 1.09. The second-order valence-corrected chi connectivity index (χ2v) is 3.61. The number of hydrogen-bond donors (Lipinski definition) is 2. The average molecular weight is 229 g/mol. The van der Waals surface area contributed by atoms with Crippen LogP contribution in [0.15, 0.2) is 22.7 Å². The molecule has 3 N–H and O–H groups in total. The average Bonchev–Trinajstić information content (AvgIpc) is 2.07. The standard InChI is InChI=1S/C9H13BrN2/c1-12-5-4-7-6-8(10)2-3-9(7)11/h2-3,6,12H,4-5,11H2,1H3. The van der Waals surface area contributed by atoms with Gasteiger partial charge >= 0.3 is 0 Å². The molecule has 0 fully saturated rings. The van der Waals surface area contributed by atoms with Gasteiger partial charge in [-0.15, -0.1) is 0 Å². The van der Waals surface area contributed by atoms with Crippen molar-refractivity contribution in [1.82, 2.24) is 5.32 Å². The van der Waals surface area contributed by atoms with Crippen LogP contribution in [0.5, 0.6) is 0 Å². The van der Waals surface area contributed by atoms with Crippen molar-refractivity contribution in [3.05, 3.63) is 28.2 Å². The Bertz CT molecular complexity index is 261. The quantitative estimate of drug-likeness (QED) is 0.775. The van der Waals surface area contributed by atoms with E-state index < -0.39 is 0 Å². The molecule has 0 bridgehead atoms. The third-order valence-corrected chi connectivity index (χ3v) is 2.24. The largest absolute Gasteiger partial charge is 0.399 e. The van der Waals surface area contributed by atoms with Crippen molar-refractivity contribution in [2.24, 2.45) is 0 Å². The normalized spacial score (nSPS) is 10.2. The molecule has 0 saturated heterocycles.